The predicted molar refractivity (Wildman–Crippen MR) is 119 cm³/mol. The van der Waals surface area contributed by atoms with Crippen LogP contribution in [0, 0.1) is 18.3 Å². The maximum atomic E-state index is 9.03. The molecule has 3 aromatic heterocycles. The Morgan fingerprint density at radius 1 is 1.30 bits per heavy atom. The van der Waals surface area contributed by atoms with Gasteiger partial charge >= 0.3 is 0 Å². The molecule has 1 saturated heterocycles. The van der Waals surface area contributed by atoms with E-state index in [1.165, 1.54) is 0 Å². The molecular formula is C22H28N8. The number of aromatic nitrogens is 4. The van der Waals surface area contributed by atoms with Crippen molar-refractivity contribution in [3.8, 4) is 6.07 Å². The van der Waals surface area contributed by atoms with E-state index < -0.39 is 0 Å². The molecule has 1 aliphatic heterocycles. The van der Waals surface area contributed by atoms with Crippen LogP contribution in [0.2, 0.25) is 0 Å². The third kappa shape index (κ3) is 4.07. The van der Waals surface area contributed by atoms with Crippen LogP contribution >= 0.6 is 0 Å². The normalized spacial score (nSPS) is 19.7. The third-order valence-corrected chi connectivity index (χ3v) is 5.74. The summed E-state index contributed by atoms with van der Waals surface area (Å²) < 4.78 is 0. The Bertz CT molecular complexity index is 1050. The number of rotatable bonds is 6. The van der Waals surface area contributed by atoms with E-state index in [-0.39, 0.29) is 0 Å². The fourth-order valence-electron chi connectivity index (χ4n) is 4.31. The van der Waals surface area contributed by atoms with Gasteiger partial charge in [0.25, 0.3) is 0 Å². The minimum atomic E-state index is 0.344. The first-order valence-corrected chi connectivity index (χ1v) is 10.5. The summed E-state index contributed by atoms with van der Waals surface area (Å²) in [6, 6.07) is 11.0. The molecule has 4 heterocycles. The Morgan fingerprint density at radius 3 is 2.90 bits per heavy atom. The van der Waals surface area contributed by atoms with E-state index in [1.807, 2.05) is 31.3 Å². The Balaban J connectivity index is 1.68. The van der Waals surface area contributed by atoms with Gasteiger partial charge < -0.3 is 10.2 Å². The lowest BCUT2D eigenvalue weighted by atomic mass is 10.0. The second-order valence-corrected chi connectivity index (χ2v) is 7.92. The molecule has 30 heavy (non-hydrogen) atoms. The van der Waals surface area contributed by atoms with Gasteiger partial charge in [0.05, 0.1) is 11.6 Å². The van der Waals surface area contributed by atoms with Crippen LogP contribution in [0.4, 0.5) is 17.5 Å². The molecule has 8 nitrogen and oxygen atoms in total. The zero-order chi connectivity index (χ0) is 21.1. The highest BCUT2D eigenvalue weighted by molar-refractivity contribution is 5.92. The van der Waals surface area contributed by atoms with Crippen LogP contribution in [0.5, 0.6) is 0 Å². The van der Waals surface area contributed by atoms with Crippen LogP contribution in [-0.2, 0) is 0 Å². The number of aryl methyl sites for hydroxylation is 1. The standard InChI is InChI=1S/C22H28N8/c1-4-17-14-29(13-16(3)30(17)10-6-8-23)22-18-7-5-9-24-19(18)12-20(26-22)25-21-11-15(2)27-28-21/h5,7,9,11-12,16-17H,4,6,10,13-14H2,1-3H3,(H2,25,26,27,28). The molecule has 1 fully saturated rings. The van der Waals surface area contributed by atoms with Crippen LogP contribution in [-0.4, -0.2) is 56.8 Å². The fourth-order valence-corrected chi connectivity index (χ4v) is 4.31. The van der Waals surface area contributed by atoms with Gasteiger partial charge in [0, 0.05) is 67.5 Å². The summed E-state index contributed by atoms with van der Waals surface area (Å²) in [7, 11) is 0. The topological polar surface area (TPSA) is 96.8 Å². The maximum Gasteiger partial charge on any atom is 0.153 e. The van der Waals surface area contributed by atoms with Crippen molar-refractivity contribution in [1.82, 2.24) is 25.1 Å². The average Bonchev–Trinajstić information content (AvgIpc) is 3.16. The molecule has 0 spiro atoms. The lowest BCUT2D eigenvalue weighted by molar-refractivity contribution is 0.120. The molecule has 3 aromatic rings. The van der Waals surface area contributed by atoms with Gasteiger partial charge in [-0.1, -0.05) is 6.92 Å². The quantitative estimate of drug-likeness (QED) is 0.648. The number of nitriles is 1. The fraction of sp³-hybridized carbons (Fsp3) is 0.455. The number of H-pyrrole nitrogens is 1. The third-order valence-electron chi connectivity index (χ3n) is 5.74. The second kappa shape index (κ2) is 8.67. The molecule has 8 heteroatoms. The maximum absolute atomic E-state index is 9.03. The molecule has 0 aliphatic carbocycles. The van der Waals surface area contributed by atoms with Crippen LogP contribution < -0.4 is 10.2 Å². The highest BCUT2D eigenvalue weighted by atomic mass is 15.3. The van der Waals surface area contributed by atoms with Crippen molar-refractivity contribution < 1.29 is 0 Å². The molecule has 4 rings (SSSR count). The van der Waals surface area contributed by atoms with Gasteiger partial charge in [-0.15, -0.1) is 0 Å². The lowest BCUT2D eigenvalue weighted by Gasteiger charge is -2.46. The van der Waals surface area contributed by atoms with Crippen molar-refractivity contribution in [1.29, 1.82) is 5.26 Å². The molecule has 0 radical (unpaired) electrons. The SMILES string of the molecule is CCC1CN(c2nc(Nc3cc(C)[nH]n3)cc3ncccc23)CC(C)N1CCC#N. The number of pyridine rings is 2. The number of nitrogens with zero attached hydrogens (tertiary/aromatic N) is 6. The van der Waals surface area contributed by atoms with Crippen molar-refractivity contribution >= 4 is 28.4 Å². The van der Waals surface area contributed by atoms with Gasteiger partial charge in [-0.2, -0.15) is 10.4 Å². The highest BCUT2D eigenvalue weighted by Gasteiger charge is 2.32. The van der Waals surface area contributed by atoms with E-state index in [2.05, 4.69) is 56.3 Å². The largest absolute Gasteiger partial charge is 0.353 e. The van der Waals surface area contributed by atoms with E-state index in [9.17, 15) is 0 Å². The van der Waals surface area contributed by atoms with Gasteiger partial charge in [-0.05, 0) is 32.4 Å². The number of piperazine rings is 1. The molecule has 0 amide bonds. The summed E-state index contributed by atoms with van der Waals surface area (Å²) >= 11 is 0. The predicted octanol–water partition coefficient (Wildman–Crippen LogP) is 3.61. The van der Waals surface area contributed by atoms with E-state index in [1.54, 1.807) is 0 Å². The molecule has 2 atom stereocenters. The Kier molecular flexibility index (Phi) is 5.81. The van der Waals surface area contributed by atoms with Gasteiger partial charge in [-0.3, -0.25) is 15.0 Å². The van der Waals surface area contributed by atoms with E-state index in [0.717, 1.165) is 60.1 Å². The van der Waals surface area contributed by atoms with Crippen LogP contribution in [0.1, 0.15) is 32.4 Å². The second-order valence-electron chi connectivity index (χ2n) is 7.92. The van der Waals surface area contributed by atoms with Crippen LogP contribution in [0.3, 0.4) is 0 Å². The Labute approximate surface area is 176 Å². The Hall–Kier alpha value is -3.18. The van der Waals surface area contributed by atoms with Gasteiger partial charge in [0.2, 0.25) is 0 Å². The highest BCUT2D eigenvalue weighted by Crippen LogP contribution is 2.31. The lowest BCUT2D eigenvalue weighted by Crippen LogP contribution is -2.58. The number of anilines is 3. The first-order chi connectivity index (χ1) is 14.6. The minimum Gasteiger partial charge on any atom is -0.353 e. The zero-order valence-electron chi connectivity index (χ0n) is 17.8. The first kappa shape index (κ1) is 20.1. The average molecular weight is 405 g/mol. The minimum absolute atomic E-state index is 0.344. The van der Waals surface area contributed by atoms with Gasteiger partial charge in [-0.25, -0.2) is 4.98 Å². The van der Waals surface area contributed by atoms with Crippen LogP contribution in [0.25, 0.3) is 10.9 Å². The molecule has 1 aliphatic rings. The number of nitrogens with one attached hydrogen (secondary N) is 2. The smallest absolute Gasteiger partial charge is 0.153 e. The number of fused-ring (bicyclic) bond motifs is 1. The van der Waals surface area contributed by atoms with Crippen molar-refractivity contribution in [3.63, 3.8) is 0 Å². The van der Waals surface area contributed by atoms with Crippen molar-refractivity contribution in [2.24, 2.45) is 0 Å². The van der Waals surface area contributed by atoms with Crippen molar-refractivity contribution in [2.75, 3.05) is 29.9 Å². The molecular weight excluding hydrogens is 376 g/mol. The molecule has 0 saturated carbocycles. The summed E-state index contributed by atoms with van der Waals surface area (Å²) in [6.07, 6.45) is 3.41. The molecule has 0 aromatic carbocycles. The summed E-state index contributed by atoms with van der Waals surface area (Å²) in [4.78, 5) is 14.4. The van der Waals surface area contributed by atoms with E-state index >= 15 is 0 Å². The number of aromatic amines is 1. The Morgan fingerprint density at radius 2 is 2.17 bits per heavy atom. The molecule has 156 valence electrons. The van der Waals surface area contributed by atoms with Crippen molar-refractivity contribution in [2.45, 2.75) is 45.7 Å². The summed E-state index contributed by atoms with van der Waals surface area (Å²) in [5.41, 5.74) is 1.90. The van der Waals surface area contributed by atoms with Crippen LogP contribution in [0.15, 0.2) is 30.5 Å². The molecule has 2 unspecified atom stereocenters. The zero-order valence-corrected chi connectivity index (χ0v) is 17.8. The van der Waals surface area contributed by atoms with Gasteiger partial charge in [0.15, 0.2) is 5.82 Å². The first-order valence-electron chi connectivity index (χ1n) is 10.5. The summed E-state index contributed by atoms with van der Waals surface area (Å²) in [6.45, 7) is 8.99. The monoisotopic (exact) mass is 404 g/mol. The number of hydrogen-bond acceptors (Lipinski definition) is 7. The number of hydrogen-bond donors (Lipinski definition) is 2. The molecule has 2 N–H and O–H groups in total. The summed E-state index contributed by atoms with van der Waals surface area (Å²) in [5.74, 6) is 2.42. The molecule has 0 bridgehead atoms. The summed E-state index contributed by atoms with van der Waals surface area (Å²) in [5, 5.41) is 20.6. The van der Waals surface area contributed by atoms with E-state index in [4.69, 9.17) is 10.2 Å². The van der Waals surface area contributed by atoms with Crippen molar-refractivity contribution in [3.05, 3.63) is 36.2 Å². The van der Waals surface area contributed by atoms with Gasteiger partial charge in [0.1, 0.15) is 11.6 Å². The van der Waals surface area contributed by atoms with E-state index in [0.29, 0.717) is 18.5 Å².